The first-order chi connectivity index (χ1) is 2.77. The Labute approximate surface area is 40.6 Å². The van der Waals surface area contributed by atoms with Crippen molar-refractivity contribution >= 4 is 0 Å². The molecule has 0 aromatic rings. The molecule has 0 fully saturated rings. The van der Waals surface area contributed by atoms with Gasteiger partial charge in [0.05, 0.1) is 0 Å². The zero-order chi connectivity index (χ0) is 4.99. The summed E-state index contributed by atoms with van der Waals surface area (Å²) in [6.45, 7) is 9.41. The van der Waals surface area contributed by atoms with Crippen LogP contribution >= 0.6 is 0 Å². The fourth-order valence-electron chi connectivity index (χ4n) is 0.285. The van der Waals surface area contributed by atoms with Crippen LogP contribution in [0.5, 0.6) is 0 Å². The predicted octanol–water partition coefficient (Wildman–Crippen LogP) is 1.89. The van der Waals surface area contributed by atoms with Gasteiger partial charge < -0.3 is 0 Å². The monoisotopic (exact) mass is 83.1 g/mol. The van der Waals surface area contributed by atoms with Crippen LogP contribution in [-0.2, 0) is 0 Å². The first-order valence-electron chi connectivity index (χ1n) is 2.23. The molecule has 0 heterocycles. The molecule has 0 saturated carbocycles. The second-order valence-electron chi connectivity index (χ2n) is 1.50. The van der Waals surface area contributed by atoms with Gasteiger partial charge in [0.1, 0.15) is 0 Å². The van der Waals surface area contributed by atoms with Crippen molar-refractivity contribution in [2.75, 3.05) is 0 Å². The van der Waals surface area contributed by atoms with E-state index in [4.69, 9.17) is 0 Å². The molecule has 6 heavy (non-hydrogen) atoms. The van der Waals surface area contributed by atoms with Crippen molar-refractivity contribution in [2.45, 2.75) is 13.3 Å². The molecule has 0 bridgehead atoms. The van der Waals surface area contributed by atoms with Crippen molar-refractivity contribution in [3.05, 3.63) is 20.3 Å². The van der Waals surface area contributed by atoms with E-state index >= 15 is 0 Å². The van der Waals surface area contributed by atoms with Crippen LogP contribution in [0.1, 0.15) is 13.3 Å². The van der Waals surface area contributed by atoms with Crippen molar-refractivity contribution in [2.24, 2.45) is 5.92 Å². The smallest absolute Gasteiger partial charge is 0.0358 e. The van der Waals surface area contributed by atoms with E-state index in [9.17, 15) is 0 Å². The Balaban J connectivity index is 2.63. The van der Waals surface area contributed by atoms with E-state index < -0.39 is 0 Å². The summed E-state index contributed by atoms with van der Waals surface area (Å²) in [6, 6.07) is 0. The molecule has 0 aliphatic rings. The van der Waals surface area contributed by atoms with Gasteiger partial charge in [0.25, 0.3) is 0 Å². The maximum Gasteiger partial charge on any atom is -0.0358 e. The lowest BCUT2D eigenvalue weighted by atomic mass is 10.1. The molecule has 1 atom stereocenters. The summed E-state index contributed by atoms with van der Waals surface area (Å²) < 4.78 is 0. The molecule has 0 heteroatoms. The van der Waals surface area contributed by atoms with Crippen LogP contribution in [0, 0.1) is 26.2 Å². The quantitative estimate of drug-likeness (QED) is 0.478. The van der Waals surface area contributed by atoms with Gasteiger partial charge in [0.2, 0.25) is 0 Å². The fourth-order valence-corrected chi connectivity index (χ4v) is 0.285. The van der Waals surface area contributed by atoms with Crippen molar-refractivity contribution in [1.82, 2.24) is 0 Å². The molecule has 0 amide bonds. The Hall–Kier alpha value is 0. The van der Waals surface area contributed by atoms with Gasteiger partial charge in [-0.25, -0.2) is 0 Å². The first-order valence-corrected chi connectivity index (χ1v) is 2.23. The van der Waals surface area contributed by atoms with Crippen LogP contribution in [0.3, 0.4) is 0 Å². The molecular weight excluding hydrogens is 72.1 g/mol. The minimum absolute atomic E-state index is 0.461. The molecule has 0 spiro atoms. The molecule has 0 N–H and O–H groups in total. The molecule has 0 aliphatic heterocycles. The SMILES string of the molecule is [CH2]C[CH]C([CH2])C. The highest BCUT2D eigenvalue weighted by Gasteiger charge is 1.86. The van der Waals surface area contributed by atoms with Gasteiger partial charge in [-0.15, -0.1) is 0 Å². The second-order valence-corrected chi connectivity index (χ2v) is 1.50. The van der Waals surface area contributed by atoms with Crippen molar-refractivity contribution in [3.8, 4) is 0 Å². The van der Waals surface area contributed by atoms with Crippen molar-refractivity contribution in [3.63, 3.8) is 0 Å². The van der Waals surface area contributed by atoms with Gasteiger partial charge in [0, 0.05) is 0 Å². The molecule has 3 radical (unpaired) electrons. The maximum absolute atomic E-state index is 3.73. The third-order valence-corrected chi connectivity index (χ3v) is 0.569. The topological polar surface area (TPSA) is 0 Å². The molecule has 0 nitrogen and oxygen atoms in total. The third-order valence-electron chi connectivity index (χ3n) is 0.569. The van der Waals surface area contributed by atoms with Gasteiger partial charge in [-0.05, 0) is 18.8 Å². The molecule has 1 unspecified atom stereocenters. The van der Waals surface area contributed by atoms with E-state index in [1.54, 1.807) is 0 Å². The summed E-state index contributed by atoms with van der Waals surface area (Å²) in [5, 5.41) is 0. The molecule has 0 aromatic heterocycles. The summed E-state index contributed by atoms with van der Waals surface area (Å²) >= 11 is 0. The summed E-state index contributed by atoms with van der Waals surface area (Å²) in [6.07, 6.45) is 2.96. The van der Waals surface area contributed by atoms with Gasteiger partial charge in [-0.2, -0.15) is 0 Å². The first kappa shape index (κ1) is 6.00. The number of hydrogen-bond donors (Lipinski definition) is 0. The van der Waals surface area contributed by atoms with E-state index in [2.05, 4.69) is 20.3 Å². The maximum atomic E-state index is 3.73. The Morgan fingerprint density at radius 1 is 1.83 bits per heavy atom. The van der Waals surface area contributed by atoms with Crippen LogP contribution in [0.15, 0.2) is 0 Å². The highest BCUT2D eigenvalue weighted by Crippen LogP contribution is 1.97. The fraction of sp³-hybridized carbons (Fsp3) is 0.500. The minimum atomic E-state index is 0.461. The largest absolute Gasteiger partial charge is 0.0622 e. The van der Waals surface area contributed by atoms with E-state index in [0.29, 0.717) is 5.92 Å². The summed E-state index contributed by atoms with van der Waals surface area (Å²) in [4.78, 5) is 0. The summed E-state index contributed by atoms with van der Waals surface area (Å²) in [7, 11) is 0. The van der Waals surface area contributed by atoms with Crippen LogP contribution in [-0.4, -0.2) is 0 Å². The van der Waals surface area contributed by atoms with Crippen molar-refractivity contribution < 1.29 is 0 Å². The van der Waals surface area contributed by atoms with E-state index in [-0.39, 0.29) is 0 Å². The zero-order valence-electron chi connectivity index (χ0n) is 4.28. The number of rotatable bonds is 2. The lowest BCUT2D eigenvalue weighted by Crippen LogP contribution is -1.84. The third kappa shape index (κ3) is 4.00. The van der Waals surface area contributed by atoms with Crippen molar-refractivity contribution in [1.29, 1.82) is 0 Å². The zero-order valence-corrected chi connectivity index (χ0v) is 4.28. The summed E-state index contributed by atoms with van der Waals surface area (Å²) in [5.41, 5.74) is 0. The molecule has 35 valence electrons. The average molecular weight is 83.2 g/mol. The highest BCUT2D eigenvalue weighted by atomic mass is 13.9. The molecular formula is C6H11. The lowest BCUT2D eigenvalue weighted by molar-refractivity contribution is 0.818. The van der Waals surface area contributed by atoms with Gasteiger partial charge in [0.15, 0.2) is 0 Å². The Bertz CT molecular complexity index is 21.2. The van der Waals surface area contributed by atoms with E-state index in [1.165, 1.54) is 0 Å². The van der Waals surface area contributed by atoms with E-state index in [0.717, 1.165) is 6.42 Å². The lowest BCUT2D eigenvalue weighted by Gasteiger charge is -1.95. The van der Waals surface area contributed by atoms with Gasteiger partial charge >= 0.3 is 0 Å². The predicted molar refractivity (Wildman–Crippen MR) is 28.8 cm³/mol. The van der Waals surface area contributed by atoms with Gasteiger partial charge in [-0.1, -0.05) is 20.8 Å². The number of hydrogen-bond acceptors (Lipinski definition) is 0. The highest BCUT2D eigenvalue weighted by molar-refractivity contribution is 4.74. The van der Waals surface area contributed by atoms with Crippen LogP contribution in [0.4, 0.5) is 0 Å². The molecule has 0 saturated heterocycles. The minimum Gasteiger partial charge on any atom is -0.0622 e. The van der Waals surface area contributed by atoms with Crippen LogP contribution in [0.2, 0.25) is 0 Å². The van der Waals surface area contributed by atoms with Gasteiger partial charge in [-0.3, -0.25) is 0 Å². The van der Waals surface area contributed by atoms with E-state index in [1.807, 2.05) is 6.92 Å². The normalized spacial score (nSPS) is 10.0. The Morgan fingerprint density at radius 3 is 2.33 bits per heavy atom. The molecule has 0 aromatic carbocycles. The molecule has 0 rings (SSSR count). The Kier molecular flexibility index (Phi) is 3.20. The Morgan fingerprint density at radius 2 is 2.33 bits per heavy atom. The standard InChI is InChI=1S/C6H11/c1-4-5-6(2)3/h5-6H,1-2,4H2,3H3. The molecule has 0 aliphatic carbocycles. The summed E-state index contributed by atoms with van der Waals surface area (Å²) in [5.74, 6) is 0.461. The average Bonchev–Trinajstić information content (AvgIpc) is 1.35. The van der Waals surface area contributed by atoms with Crippen LogP contribution in [0.25, 0.3) is 0 Å². The van der Waals surface area contributed by atoms with Crippen LogP contribution < -0.4 is 0 Å². The second kappa shape index (κ2) is 3.20.